The number of pyridine rings is 1. The average Bonchev–Trinajstić information content (AvgIpc) is 3.37. The number of carbonyl (C=O) groups excluding carboxylic acids is 1. The van der Waals surface area contributed by atoms with Gasteiger partial charge in [-0.25, -0.2) is 0 Å². The van der Waals surface area contributed by atoms with Crippen molar-refractivity contribution in [2.45, 2.75) is 40.7 Å². The highest BCUT2D eigenvalue weighted by Gasteiger charge is 2.27. The number of amides is 1. The second-order valence-corrected chi connectivity index (χ2v) is 8.35. The highest BCUT2D eigenvalue weighted by atomic mass is 16.5. The summed E-state index contributed by atoms with van der Waals surface area (Å²) in [6.07, 6.45) is 3.37. The van der Waals surface area contributed by atoms with Crippen LogP contribution in [-0.2, 0) is 0 Å². The predicted octanol–water partition coefficient (Wildman–Crippen LogP) is 4.97. The van der Waals surface area contributed by atoms with Crippen molar-refractivity contribution in [2.75, 3.05) is 0 Å². The van der Waals surface area contributed by atoms with Gasteiger partial charge >= 0.3 is 0 Å². The van der Waals surface area contributed by atoms with Crippen LogP contribution in [0.15, 0.2) is 59.4 Å². The summed E-state index contributed by atoms with van der Waals surface area (Å²) >= 11 is 0. The molecule has 7 heteroatoms. The Morgan fingerprint density at radius 1 is 1.09 bits per heavy atom. The number of rotatable bonds is 6. The molecule has 7 nitrogen and oxygen atoms in total. The van der Waals surface area contributed by atoms with E-state index in [4.69, 9.17) is 4.52 Å². The van der Waals surface area contributed by atoms with Crippen molar-refractivity contribution in [3.63, 3.8) is 0 Å². The van der Waals surface area contributed by atoms with Gasteiger partial charge in [0.15, 0.2) is 0 Å². The van der Waals surface area contributed by atoms with Crippen LogP contribution in [0.3, 0.4) is 0 Å². The molecule has 1 atom stereocenters. The SMILES string of the molecule is Cc1cccc(-n2c(C)cc(C(=O)NC(c3nc(-c4cccnc4)no3)C(C)C)c2C)c1. The number of nitrogens with one attached hydrogen (secondary N) is 1. The monoisotopic (exact) mass is 429 g/mol. The van der Waals surface area contributed by atoms with Crippen LogP contribution in [0.2, 0.25) is 0 Å². The Bertz CT molecular complexity index is 1240. The lowest BCUT2D eigenvalue weighted by Gasteiger charge is -2.18. The first-order valence-electron chi connectivity index (χ1n) is 10.7. The Hall–Kier alpha value is -3.74. The first-order chi connectivity index (χ1) is 15.3. The summed E-state index contributed by atoms with van der Waals surface area (Å²) in [5, 5.41) is 7.17. The van der Waals surface area contributed by atoms with Crippen LogP contribution in [0.4, 0.5) is 0 Å². The minimum atomic E-state index is -0.414. The van der Waals surface area contributed by atoms with E-state index in [0.29, 0.717) is 17.3 Å². The van der Waals surface area contributed by atoms with Crippen LogP contribution in [-0.4, -0.2) is 25.6 Å². The van der Waals surface area contributed by atoms with Gasteiger partial charge in [-0.3, -0.25) is 9.78 Å². The lowest BCUT2D eigenvalue weighted by Crippen LogP contribution is -2.32. The van der Waals surface area contributed by atoms with E-state index in [0.717, 1.165) is 22.6 Å². The van der Waals surface area contributed by atoms with Gasteiger partial charge in [0.1, 0.15) is 6.04 Å². The lowest BCUT2D eigenvalue weighted by atomic mass is 10.0. The molecule has 0 saturated carbocycles. The van der Waals surface area contributed by atoms with Crippen LogP contribution < -0.4 is 5.32 Å². The summed E-state index contributed by atoms with van der Waals surface area (Å²) in [7, 11) is 0. The van der Waals surface area contributed by atoms with Crippen LogP contribution in [0.1, 0.15) is 53.1 Å². The molecule has 1 aromatic carbocycles. The Morgan fingerprint density at radius 2 is 1.91 bits per heavy atom. The topological polar surface area (TPSA) is 85.8 Å². The minimum Gasteiger partial charge on any atom is -0.340 e. The Morgan fingerprint density at radius 3 is 2.59 bits per heavy atom. The van der Waals surface area contributed by atoms with Gasteiger partial charge < -0.3 is 14.4 Å². The molecule has 0 radical (unpaired) electrons. The second-order valence-electron chi connectivity index (χ2n) is 8.35. The first-order valence-corrected chi connectivity index (χ1v) is 10.7. The molecule has 3 aromatic heterocycles. The Balaban J connectivity index is 1.61. The maximum absolute atomic E-state index is 13.3. The highest BCUT2D eigenvalue weighted by Crippen LogP contribution is 2.26. The maximum Gasteiger partial charge on any atom is 0.253 e. The Labute approximate surface area is 187 Å². The largest absolute Gasteiger partial charge is 0.340 e. The van der Waals surface area contributed by atoms with Gasteiger partial charge in [-0.05, 0) is 62.6 Å². The van der Waals surface area contributed by atoms with Gasteiger partial charge in [0.25, 0.3) is 5.91 Å². The van der Waals surface area contributed by atoms with E-state index in [1.165, 1.54) is 5.56 Å². The van der Waals surface area contributed by atoms with Crippen molar-refractivity contribution in [3.05, 3.63) is 83.3 Å². The zero-order valence-corrected chi connectivity index (χ0v) is 19.0. The Kier molecular flexibility index (Phi) is 5.90. The number of nitrogens with zero attached hydrogens (tertiary/aromatic N) is 4. The van der Waals surface area contributed by atoms with Gasteiger partial charge in [0.05, 0.1) is 5.56 Å². The van der Waals surface area contributed by atoms with E-state index in [1.807, 2.05) is 58.0 Å². The molecular formula is C25H27N5O2. The van der Waals surface area contributed by atoms with Gasteiger partial charge in [0.2, 0.25) is 11.7 Å². The molecular weight excluding hydrogens is 402 g/mol. The zero-order valence-electron chi connectivity index (χ0n) is 19.0. The molecule has 1 unspecified atom stereocenters. The summed E-state index contributed by atoms with van der Waals surface area (Å²) in [4.78, 5) is 21.9. The van der Waals surface area contributed by atoms with Gasteiger partial charge in [-0.1, -0.05) is 31.1 Å². The summed E-state index contributed by atoms with van der Waals surface area (Å²) in [5.41, 5.74) is 5.48. The van der Waals surface area contributed by atoms with Crippen LogP contribution in [0, 0.1) is 26.7 Å². The maximum atomic E-state index is 13.3. The van der Waals surface area contributed by atoms with Crippen molar-refractivity contribution in [2.24, 2.45) is 5.92 Å². The third kappa shape index (κ3) is 4.19. The lowest BCUT2D eigenvalue weighted by molar-refractivity contribution is 0.0913. The summed E-state index contributed by atoms with van der Waals surface area (Å²) < 4.78 is 7.61. The highest BCUT2D eigenvalue weighted by molar-refractivity contribution is 5.96. The van der Waals surface area contributed by atoms with Crippen LogP contribution in [0.5, 0.6) is 0 Å². The van der Waals surface area contributed by atoms with Gasteiger partial charge in [-0.15, -0.1) is 0 Å². The smallest absolute Gasteiger partial charge is 0.253 e. The number of aromatic nitrogens is 4. The molecule has 4 aromatic rings. The number of hydrogen-bond acceptors (Lipinski definition) is 5. The molecule has 3 heterocycles. The number of aryl methyl sites for hydroxylation is 2. The molecule has 0 bridgehead atoms. The van der Waals surface area contributed by atoms with Crippen molar-refractivity contribution in [1.82, 2.24) is 25.0 Å². The standard InChI is InChI=1S/C25H27N5O2/c1-15(2)22(25-28-23(29-32-25)19-9-7-11-26-14-19)27-24(31)21-13-17(4)30(18(21)5)20-10-6-8-16(3)12-20/h6-15,22H,1-5H3,(H,27,31). The predicted molar refractivity (Wildman–Crippen MR) is 123 cm³/mol. The molecule has 164 valence electrons. The van der Waals surface area contributed by atoms with Gasteiger partial charge in [-0.2, -0.15) is 4.98 Å². The summed E-state index contributed by atoms with van der Waals surface area (Å²) in [5.74, 6) is 0.712. The molecule has 1 amide bonds. The van der Waals surface area contributed by atoms with E-state index in [-0.39, 0.29) is 11.8 Å². The number of benzene rings is 1. The van der Waals surface area contributed by atoms with Crippen LogP contribution in [0.25, 0.3) is 17.1 Å². The molecule has 0 aliphatic rings. The molecule has 0 fully saturated rings. The fourth-order valence-corrected chi connectivity index (χ4v) is 3.86. The molecule has 32 heavy (non-hydrogen) atoms. The number of carbonyl (C=O) groups is 1. The third-order valence-corrected chi connectivity index (χ3v) is 5.52. The van der Waals surface area contributed by atoms with Crippen molar-refractivity contribution in [1.29, 1.82) is 0 Å². The molecule has 0 spiro atoms. The van der Waals surface area contributed by atoms with E-state index >= 15 is 0 Å². The van der Waals surface area contributed by atoms with E-state index in [2.05, 4.69) is 44.1 Å². The van der Waals surface area contributed by atoms with Crippen molar-refractivity contribution in [3.8, 4) is 17.1 Å². The zero-order chi connectivity index (χ0) is 22.8. The quantitative estimate of drug-likeness (QED) is 0.467. The fraction of sp³-hybridized carbons (Fsp3) is 0.280. The van der Waals surface area contributed by atoms with Crippen molar-refractivity contribution < 1.29 is 9.32 Å². The molecule has 1 N–H and O–H groups in total. The van der Waals surface area contributed by atoms with E-state index < -0.39 is 6.04 Å². The second kappa shape index (κ2) is 8.78. The molecule has 4 rings (SSSR count). The molecule has 0 saturated heterocycles. The van der Waals surface area contributed by atoms with Crippen LogP contribution >= 0.6 is 0 Å². The normalized spacial score (nSPS) is 12.2. The van der Waals surface area contributed by atoms with Gasteiger partial charge in [0, 0.05) is 35.0 Å². The van der Waals surface area contributed by atoms with Crippen molar-refractivity contribution >= 4 is 5.91 Å². The van der Waals surface area contributed by atoms with E-state index in [1.54, 1.807) is 12.4 Å². The minimum absolute atomic E-state index is 0.0569. The average molecular weight is 430 g/mol. The van der Waals surface area contributed by atoms with E-state index in [9.17, 15) is 4.79 Å². The molecule has 0 aliphatic carbocycles. The summed E-state index contributed by atoms with van der Waals surface area (Å²) in [6, 6.07) is 13.4. The summed E-state index contributed by atoms with van der Waals surface area (Å²) in [6.45, 7) is 10.0. The number of hydrogen-bond donors (Lipinski definition) is 1. The molecule has 0 aliphatic heterocycles. The third-order valence-electron chi connectivity index (χ3n) is 5.52. The first kappa shape index (κ1) is 21.5. The fourth-order valence-electron chi connectivity index (χ4n) is 3.86.